The Hall–Kier alpha value is 0.200. The minimum atomic E-state index is -3.43. The van der Waals surface area contributed by atoms with Crippen LogP contribution in [0.4, 0.5) is 0 Å². The predicted octanol–water partition coefficient (Wildman–Crippen LogP) is 3.81. The molecule has 0 aromatic rings. The van der Waals surface area contributed by atoms with Gasteiger partial charge in [-0.1, -0.05) is 27.2 Å². The van der Waals surface area contributed by atoms with E-state index >= 15 is 0 Å². The Morgan fingerprint density at radius 1 is 1.21 bits per heavy atom. The maximum atomic E-state index is 11.2. The second-order valence-electron chi connectivity index (χ2n) is 6.23. The van der Waals surface area contributed by atoms with Crippen LogP contribution in [0.15, 0.2) is 0 Å². The molecule has 0 radical (unpaired) electrons. The Morgan fingerprint density at radius 2 is 1.79 bits per heavy atom. The van der Waals surface area contributed by atoms with Gasteiger partial charge in [0, 0.05) is 10.7 Å². The first kappa shape index (κ1) is 17.3. The monoisotopic (exact) mass is 310 g/mol. The van der Waals surface area contributed by atoms with Crippen molar-refractivity contribution in [1.82, 2.24) is 0 Å². The maximum Gasteiger partial charge on any atom is 0.232 e. The first-order chi connectivity index (χ1) is 8.80. The molecule has 1 fully saturated rings. The molecule has 1 aliphatic carbocycles. The lowest BCUT2D eigenvalue weighted by molar-refractivity contribution is -0.0138. The van der Waals surface area contributed by atoms with E-state index in [0.717, 1.165) is 25.7 Å². The van der Waals surface area contributed by atoms with Crippen LogP contribution in [-0.4, -0.2) is 26.9 Å². The minimum absolute atomic E-state index is 0.0278. The number of halogens is 1. The van der Waals surface area contributed by atoms with Gasteiger partial charge in [-0.05, 0) is 43.4 Å². The smallest absolute Gasteiger partial charge is 0.232 e. The van der Waals surface area contributed by atoms with Gasteiger partial charge in [-0.25, -0.2) is 8.42 Å². The van der Waals surface area contributed by atoms with E-state index in [1.54, 1.807) is 0 Å². The number of hydrogen-bond acceptors (Lipinski definition) is 3. The van der Waals surface area contributed by atoms with Gasteiger partial charge >= 0.3 is 0 Å². The highest BCUT2D eigenvalue weighted by atomic mass is 35.7. The van der Waals surface area contributed by atoms with E-state index in [0.29, 0.717) is 18.4 Å². The Kier molecular flexibility index (Phi) is 7.12. The molecule has 114 valence electrons. The highest BCUT2D eigenvalue weighted by Gasteiger charge is 2.26. The summed E-state index contributed by atoms with van der Waals surface area (Å²) in [7, 11) is 1.92. The third-order valence-corrected chi connectivity index (χ3v) is 5.08. The van der Waals surface area contributed by atoms with E-state index in [2.05, 4.69) is 20.8 Å². The van der Waals surface area contributed by atoms with Crippen molar-refractivity contribution in [3.63, 3.8) is 0 Å². The normalized spacial score (nSPS) is 30.2. The third-order valence-electron chi connectivity index (χ3n) is 3.83. The summed E-state index contributed by atoms with van der Waals surface area (Å²) in [5, 5.41) is 0. The minimum Gasteiger partial charge on any atom is -0.378 e. The molecule has 0 aromatic heterocycles. The van der Waals surface area contributed by atoms with Crippen molar-refractivity contribution in [3.8, 4) is 0 Å². The van der Waals surface area contributed by atoms with Gasteiger partial charge in [0.15, 0.2) is 0 Å². The number of hydrogen-bond donors (Lipinski definition) is 0. The molecule has 3 atom stereocenters. The third kappa shape index (κ3) is 7.52. The first-order valence-electron chi connectivity index (χ1n) is 7.34. The van der Waals surface area contributed by atoms with Crippen molar-refractivity contribution in [3.05, 3.63) is 0 Å². The van der Waals surface area contributed by atoms with Crippen molar-refractivity contribution >= 4 is 19.7 Å². The lowest BCUT2D eigenvalue weighted by Gasteiger charge is -2.32. The standard InChI is InChI=1S/C14H27ClO3S/c1-4-5-13(10-19(15,16)17)9-18-14-7-11(2)6-12(3)8-14/h11-14H,4-10H2,1-3H3. The molecule has 1 saturated carbocycles. The van der Waals surface area contributed by atoms with Crippen LogP contribution >= 0.6 is 10.7 Å². The highest BCUT2D eigenvalue weighted by Crippen LogP contribution is 2.30. The molecule has 0 spiro atoms. The molecular weight excluding hydrogens is 284 g/mol. The zero-order chi connectivity index (χ0) is 14.5. The molecule has 1 aliphatic rings. The summed E-state index contributed by atoms with van der Waals surface area (Å²) in [5.74, 6) is 1.46. The molecular formula is C14H27ClO3S. The van der Waals surface area contributed by atoms with Crippen LogP contribution in [0.1, 0.15) is 52.9 Å². The molecule has 0 aliphatic heterocycles. The van der Waals surface area contributed by atoms with Crippen LogP contribution in [0.3, 0.4) is 0 Å². The summed E-state index contributed by atoms with van der Waals surface area (Å²) in [6, 6.07) is 0. The average molecular weight is 311 g/mol. The lowest BCUT2D eigenvalue weighted by atomic mass is 9.82. The Bertz CT molecular complexity index is 346. The number of ether oxygens (including phenoxy) is 1. The average Bonchev–Trinajstić information content (AvgIpc) is 2.23. The summed E-state index contributed by atoms with van der Waals surface area (Å²) in [4.78, 5) is 0. The van der Waals surface area contributed by atoms with Gasteiger partial charge in [0.2, 0.25) is 9.05 Å². The van der Waals surface area contributed by atoms with Crippen molar-refractivity contribution in [2.45, 2.75) is 59.0 Å². The molecule has 5 heteroatoms. The topological polar surface area (TPSA) is 43.4 Å². The van der Waals surface area contributed by atoms with Gasteiger partial charge in [0.1, 0.15) is 0 Å². The van der Waals surface area contributed by atoms with E-state index in [1.165, 1.54) is 6.42 Å². The highest BCUT2D eigenvalue weighted by molar-refractivity contribution is 8.13. The molecule has 1 rings (SSSR count). The van der Waals surface area contributed by atoms with Gasteiger partial charge in [0.25, 0.3) is 0 Å². The lowest BCUT2D eigenvalue weighted by Crippen LogP contribution is -2.29. The molecule has 0 aromatic carbocycles. The van der Waals surface area contributed by atoms with E-state index < -0.39 is 9.05 Å². The number of rotatable bonds is 7. The molecule has 19 heavy (non-hydrogen) atoms. The quantitative estimate of drug-likeness (QED) is 0.672. The summed E-state index contributed by atoms with van der Waals surface area (Å²) in [6.45, 7) is 7.10. The van der Waals surface area contributed by atoms with Gasteiger partial charge in [0.05, 0.1) is 18.5 Å². The van der Waals surface area contributed by atoms with Crippen LogP contribution in [0.5, 0.6) is 0 Å². The fourth-order valence-electron chi connectivity index (χ4n) is 3.19. The second kappa shape index (κ2) is 7.84. The Labute approximate surface area is 122 Å². The van der Waals surface area contributed by atoms with E-state index in [1.807, 2.05) is 0 Å². The fraction of sp³-hybridized carbons (Fsp3) is 1.00. The molecule has 0 amide bonds. The largest absolute Gasteiger partial charge is 0.378 e. The van der Waals surface area contributed by atoms with Crippen molar-refractivity contribution in [2.75, 3.05) is 12.4 Å². The van der Waals surface area contributed by atoms with Crippen molar-refractivity contribution in [2.24, 2.45) is 17.8 Å². The van der Waals surface area contributed by atoms with Crippen LogP contribution < -0.4 is 0 Å². The van der Waals surface area contributed by atoms with Crippen LogP contribution in [-0.2, 0) is 13.8 Å². The zero-order valence-corrected chi connectivity index (χ0v) is 13.8. The van der Waals surface area contributed by atoms with E-state index in [9.17, 15) is 8.42 Å². The predicted molar refractivity (Wildman–Crippen MR) is 80.0 cm³/mol. The molecule has 3 nitrogen and oxygen atoms in total. The van der Waals surface area contributed by atoms with Gasteiger partial charge < -0.3 is 4.74 Å². The van der Waals surface area contributed by atoms with Crippen LogP contribution in [0, 0.1) is 17.8 Å². The van der Waals surface area contributed by atoms with Crippen molar-refractivity contribution < 1.29 is 13.2 Å². The van der Waals surface area contributed by atoms with Gasteiger partial charge in [-0.3, -0.25) is 0 Å². The van der Waals surface area contributed by atoms with E-state index in [4.69, 9.17) is 15.4 Å². The molecule has 0 N–H and O–H groups in total. The van der Waals surface area contributed by atoms with Crippen LogP contribution in [0.25, 0.3) is 0 Å². The summed E-state index contributed by atoms with van der Waals surface area (Å²) >= 11 is 0. The summed E-state index contributed by atoms with van der Waals surface area (Å²) in [5.41, 5.74) is 0. The second-order valence-corrected chi connectivity index (χ2v) is 9.05. The molecule has 0 saturated heterocycles. The SMILES string of the molecule is CCCC(COC1CC(C)CC(C)C1)CS(=O)(=O)Cl. The van der Waals surface area contributed by atoms with Gasteiger partial charge in [-0.2, -0.15) is 0 Å². The van der Waals surface area contributed by atoms with Crippen LogP contribution in [0.2, 0.25) is 0 Å². The Morgan fingerprint density at radius 3 is 2.26 bits per heavy atom. The molecule has 0 heterocycles. The zero-order valence-electron chi connectivity index (χ0n) is 12.3. The van der Waals surface area contributed by atoms with Gasteiger partial charge in [-0.15, -0.1) is 0 Å². The summed E-state index contributed by atoms with van der Waals surface area (Å²) < 4.78 is 28.3. The van der Waals surface area contributed by atoms with E-state index in [-0.39, 0.29) is 17.8 Å². The fourth-order valence-corrected chi connectivity index (χ4v) is 4.55. The first-order valence-corrected chi connectivity index (χ1v) is 9.82. The maximum absolute atomic E-state index is 11.2. The molecule has 3 unspecified atom stereocenters. The van der Waals surface area contributed by atoms with Crippen molar-refractivity contribution in [1.29, 1.82) is 0 Å². The Balaban J connectivity index is 2.42. The summed E-state index contributed by atoms with van der Waals surface area (Å²) in [6.07, 6.45) is 5.56. The molecule has 0 bridgehead atoms.